The number of nitrogens with one attached hydrogen (secondary N) is 1. The number of rotatable bonds is 5. The summed E-state index contributed by atoms with van der Waals surface area (Å²) in [5.41, 5.74) is 0. The molecule has 12 heavy (non-hydrogen) atoms. The summed E-state index contributed by atoms with van der Waals surface area (Å²) in [7, 11) is 0. The third kappa shape index (κ3) is 12.6. The molecule has 0 saturated heterocycles. The molecular formula is C11H27N. The molecule has 0 heterocycles. The van der Waals surface area contributed by atoms with Gasteiger partial charge in [-0.25, -0.2) is 0 Å². The van der Waals surface area contributed by atoms with Gasteiger partial charge >= 0.3 is 0 Å². The van der Waals surface area contributed by atoms with E-state index < -0.39 is 0 Å². The first kappa shape index (κ1) is 14.5. The highest BCUT2D eigenvalue weighted by Gasteiger charge is 1.97. The summed E-state index contributed by atoms with van der Waals surface area (Å²) in [5.74, 6) is 1.61. The average molecular weight is 173 g/mol. The van der Waals surface area contributed by atoms with Gasteiger partial charge in [0.1, 0.15) is 0 Å². The van der Waals surface area contributed by atoms with E-state index in [1.165, 1.54) is 13.0 Å². The molecule has 0 saturated carbocycles. The fourth-order valence-electron chi connectivity index (χ4n) is 0.763. The second kappa shape index (κ2) is 11.0. The first-order valence-corrected chi connectivity index (χ1v) is 5.37. The summed E-state index contributed by atoms with van der Waals surface area (Å²) in [6, 6.07) is 0. The predicted octanol–water partition coefficient (Wildman–Crippen LogP) is 3.30. The van der Waals surface area contributed by atoms with E-state index in [2.05, 4.69) is 33.0 Å². The van der Waals surface area contributed by atoms with Crippen molar-refractivity contribution in [1.29, 1.82) is 0 Å². The van der Waals surface area contributed by atoms with Crippen molar-refractivity contribution in [2.45, 2.75) is 48.0 Å². The van der Waals surface area contributed by atoms with E-state index in [0.717, 1.165) is 18.4 Å². The van der Waals surface area contributed by atoms with E-state index in [1.54, 1.807) is 0 Å². The van der Waals surface area contributed by atoms with E-state index in [1.807, 2.05) is 13.8 Å². The molecular weight excluding hydrogens is 146 g/mol. The van der Waals surface area contributed by atoms with E-state index in [0.29, 0.717) is 0 Å². The van der Waals surface area contributed by atoms with E-state index in [9.17, 15) is 0 Å². The standard InChI is InChI=1S/C9H21N.C2H6/c1-5-9(4)7-10-6-8(2)3;1-2/h8-10H,5-7H2,1-4H3;1-2H3. The number of hydrogen-bond acceptors (Lipinski definition) is 1. The Balaban J connectivity index is 0. The third-order valence-electron chi connectivity index (χ3n) is 1.74. The Morgan fingerprint density at radius 1 is 1.00 bits per heavy atom. The summed E-state index contributed by atoms with van der Waals surface area (Å²) in [4.78, 5) is 0. The fraction of sp³-hybridized carbons (Fsp3) is 1.00. The zero-order valence-electron chi connectivity index (χ0n) is 9.78. The van der Waals surface area contributed by atoms with Crippen molar-refractivity contribution in [2.75, 3.05) is 13.1 Å². The monoisotopic (exact) mass is 173 g/mol. The lowest BCUT2D eigenvalue weighted by molar-refractivity contribution is 0.466. The Morgan fingerprint density at radius 2 is 1.50 bits per heavy atom. The van der Waals surface area contributed by atoms with Crippen LogP contribution < -0.4 is 5.32 Å². The minimum Gasteiger partial charge on any atom is -0.316 e. The van der Waals surface area contributed by atoms with Crippen molar-refractivity contribution in [3.63, 3.8) is 0 Å². The third-order valence-corrected chi connectivity index (χ3v) is 1.74. The maximum absolute atomic E-state index is 3.44. The quantitative estimate of drug-likeness (QED) is 0.672. The van der Waals surface area contributed by atoms with Crippen LogP contribution in [0.5, 0.6) is 0 Å². The van der Waals surface area contributed by atoms with Gasteiger partial charge in [-0.2, -0.15) is 0 Å². The molecule has 0 fully saturated rings. The average Bonchev–Trinajstić information content (AvgIpc) is 2.07. The van der Waals surface area contributed by atoms with Crippen molar-refractivity contribution in [1.82, 2.24) is 5.32 Å². The lowest BCUT2D eigenvalue weighted by Crippen LogP contribution is -2.24. The van der Waals surface area contributed by atoms with Crippen molar-refractivity contribution in [3.05, 3.63) is 0 Å². The molecule has 76 valence electrons. The Morgan fingerprint density at radius 3 is 1.83 bits per heavy atom. The highest BCUT2D eigenvalue weighted by atomic mass is 14.9. The van der Waals surface area contributed by atoms with Crippen LogP contribution in [0.3, 0.4) is 0 Å². The SMILES string of the molecule is CC.CCC(C)CNCC(C)C. The molecule has 1 heteroatoms. The smallest absolute Gasteiger partial charge is 0.00231 e. The Kier molecular flexibility index (Phi) is 13.2. The van der Waals surface area contributed by atoms with Crippen LogP contribution in [0, 0.1) is 11.8 Å². The Bertz CT molecular complexity index is 69.4. The molecule has 1 atom stereocenters. The molecule has 0 aromatic rings. The summed E-state index contributed by atoms with van der Waals surface area (Å²) in [6.07, 6.45) is 1.28. The molecule has 1 nitrogen and oxygen atoms in total. The lowest BCUT2D eigenvalue weighted by Gasteiger charge is -2.11. The van der Waals surface area contributed by atoms with Crippen LogP contribution in [0.4, 0.5) is 0 Å². The first-order chi connectivity index (χ1) is 5.66. The normalized spacial score (nSPS) is 12.2. The molecule has 0 aromatic heterocycles. The maximum Gasteiger partial charge on any atom is -0.00231 e. The van der Waals surface area contributed by atoms with Crippen LogP contribution in [0.15, 0.2) is 0 Å². The minimum absolute atomic E-state index is 0.782. The van der Waals surface area contributed by atoms with Crippen LogP contribution in [0.2, 0.25) is 0 Å². The zero-order valence-corrected chi connectivity index (χ0v) is 9.78. The molecule has 0 bridgehead atoms. The lowest BCUT2D eigenvalue weighted by atomic mass is 10.1. The molecule has 0 spiro atoms. The second-order valence-corrected chi connectivity index (χ2v) is 3.57. The fourth-order valence-corrected chi connectivity index (χ4v) is 0.763. The Hall–Kier alpha value is -0.0400. The molecule has 0 aliphatic rings. The van der Waals surface area contributed by atoms with Crippen LogP contribution in [0.1, 0.15) is 48.0 Å². The maximum atomic E-state index is 3.44. The van der Waals surface area contributed by atoms with Crippen molar-refractivity contribution >= 4 is 0 Å². The minimum atomic E-state index is 0.782. The summed E-state index contributed by atoms with van der Waals surface area (Å²) < 4.78 is 0. The first-order valence-electron chi connectivity index (χ1n) is 5.37. The summed E-state index contributed by atoms with van der Waals surface area (Å²) >= 11 is 0. The molecule has 0 aliphatic carbocycles. The van der Waals surface area contributed by atoms with Crippen molar-refractivity contribution < 1.29 is 0 Å². The Labute approximate surface area is 78.9 Å². The van der Waals surface area contributed by atoms with Crippen molar-refractivity contribution in [2.24, 2.45) is 11.8 Å². The zero-order chi connectivity index (χ0) is 9.98. The second-order valence-electron chi connectivity index (χ2n) is 3.57. The van der Waals surface area contributed by atoms with Gasteiger partial charge in [-0.3, -0.25) is 0 Å². The van der Waals surface area contributed by atoms with Crippen LogP contribution in [0.25, 0.3) is 0 Å². The largest absolute Gasteiger partial charge is 0.316 e. The summed E-state index contributed by atoms with van der Waals surface area (Å²) in [6.45, 7) is 15.3. The number of hydrogen-bond donors (Lipinski definition) is 1. The van der Waals surface area contributed by atoms with Gasteiger partial charge in [0.05, 0.1) is 0 Å². The van der Waals surface area contributed by atoms with Crippen LogP contribution in [-0.4, -0.2) is 13.1 Å². The highest BCUT2D eigenvalue weighted by Crippen LogP contribution is 1.97. The molecule has 1 N–H and O–H groups in total. The van der Waals surface area contributed by atoms with Gasteiger partial charge < -0.3 is 5.32 Å². The van der Waals surface area contributed by atoms with Gasteiger partial charge in [-0.1, -0.05) is 48.0 Å². The molecule has 0 aliphatic heterocycles. The van der Waals surface area contributed by atoms with E-state index in [4.69, 9.17) is 0 Å². The van der Waals surface area contributed by atoms with E-state index >= 15 is 0 Å². The van der Waals surface area contributed by atoms with Gasteiger partial charge in [0.15, 0.2) is 0 Å². The van der Waals surface area contributed by atoms with Gasteiger partial charge in [-0.05, 0) is 24.9 Å². The topological polar surface area (TPSA) is 12.0 Å². The van der Waals surface area contributed by atoms with E-state index in [-0.39, 0.29) is 0 Å². The van der Waals surface area contributed by atoms with Gasteiger partial charge in [-0.15, -0.1) is 0 Å². The van der Waals surface area contributed by atoms with Gasteiger partial charge in [0.25, 0.3) is 0 Å². The summed E-state index contributed by atoms with van der Waals surface area (Å²) in [5, 5.41) is 3.44. The highest BCUT2D eigenvalue weighted by molar-refractivity contribution is 4.55. The van der Waals surface area contributed by atoms with Crippen LogP contribution in [-0.2, 0) is 0 Å². The van der Waals surface area contributed by atoms with Gasteiger partial charge in [0, 0.05) is 0 Å². The molecule has 1 unspecified atom stereocenters. The molecule has 0 amide bonds. The molecule has 0 aromatic carbocycles. The molecule has 0 rings (SSSR count). The van der Waals surface area contributed by atoms with Gasteiger partial charge in [0.2, 0.25) is 0 Å². The predicted molar refractivity (Wildman–Crippen MR) is 58.5 cm³/mol. The van der Waals surface area contributed by atoms with Crippen molar-refractivity contribution in [3.8, 4) is 0 Å². The van der Waals surface area contributed by atoms with Crippen LogP contribution >= 0.6 is 0 Å². The molecule has 0 radical (unpaired) electrons.